The average molecular weight is 329 g/mol. The van der Waals surface area contributed by atoms with Crippen LogP contribution >= 0.6 is 7.60 Å². The van der Waals surface area contributed by atoms with Gasteiger partial charge in [-0.1, -0.05) is 0 Å². The lowest BCUT2D eigenvalue weighted by Gasteiger charge is -2.30. The third-order valence-electron chi connectivity index (χ3n) is 2.13. The van der Waals surface area contributed by atoms with Crippen LogP contribution in [0.2, 0.25) is 0 Å². The van der Waals surface area contributed by atoms with E-state index in [-0.39, 0.29) is 13.2 Å². The third-order valence-corrected chi connectivity index (χ3v) is 5.17. The molecule has 0 aliphatic heterocycles. The summed E-state index contributed by atoms with van der Waals surface area (Å²) in [7, 11) is -6.47. The summed E-state index contributed by atoms with van der Waals surface area (Å²) in [4.78, 5) is 14.9. The van der Waals surface area contributed by atoms with Gasteiger partial charge in [-0.15, -0.1) is 0 Å². The van der Waals surface area contributed by atoms with Crippen LogP contribution in [0.25, 0.3) is 4.85 Å². The number of nitrogens with zero attached hydrogens (tertiary/aromatic N) is 1. The predicted molar refractivity (Wildman–Crippen MR) is 68.4 cm³/mol. The number of carbonyl (C=O) groups excluding carboxylic acids is 1. The van der Waals surface area contributed by atoms with E-state index in [0.717, 1.165) is 21.1 Å². The Hall–Kier alpha value is -0.980. The fraction of sp³-hybridized carbons (Fsp3) is 0.778. The molecule has 0 aromatic heterocycles. The maximum absolute atomic E-state index is 12.3. The Bertz CT molecular complexity index is 531. The Kier molecular flexibility index (Phi) is 6.80. The minimum atomic E-state index is -4.26. The highest BCUT2D eigenvalue weighted by Gasteiger charge is 2.58. The van der Waals surface area contributed by atoms with Crippen LogP contribution in [-0.2, 0) is 37.4 Å². The quantitative estimate of drug-likeness (QED) is 0.210. The van der Waals surface area contributed by atoms with Gasteiger partial charge in [0.25, 0.3) is 15.5 Å². The van der Waals surface area contributed by atoms with Crippen LogP contribution in [0.5, 0.6) is 0 Å². The summed E-state index contributed by atoms with van der Waals surface area (Å²) in [6, 6.07) is 0. The molecule has 0 fully saturated rings. The van der Waals surface area contributed by atoms with Crippen molar-refractivity contribution in [3.8, 4) is 0 Å². The van der Waals surface area contributed by atoms with Crippen LogP contribution in [0.15, 0.2) is 0 Å². The summed E-state index contributed by atoms with van der Waals surface area (Å²) in [6.07, 6.45) is 0.674. The van der Waals surface area contributed by atoms with E-state index in [1.807, 2.05) is 0 Å². The number of ether oxygens (including phenoxy) is 1. The largest absolute Gasteiger partial charge is 0.455 e. The summed E-state index contributed by atoms with van der Waals surface area (Å²) < 4.78 is 53.3. The Labute approximate surface area is 117 Å². The first kappa shape index (κ1) is 19.0. The van der Waals surface area contributed by atoms with Gasteiger partial charge in [0.2, 0.25) is 6.54 Å². The van der Waals surface area contributed by atoms with E-state index in [9.17, 15) is 17.8 Å². The molecular formula is C9H16NO8PS. The SMILES string of the molecule is [C-]#[N+]CCOC(=O)C(C)(OS(C)(=O)=O)P(=O)(OC)OC. The highest BCUT2D eigenvalue weighted by Crippen LogP contribution is 2.60. The summed E-state index contributed by atoms with van der Waals surface area (Å²) in [6.45, 7) is 7.02. The molecule has 0 heterocycles. The van der Waals surface area contributed by atoms with Crippen molar-refractivity contribution in [2.75, 3.05) is 33.6 Å². The molecule has 0 rings (SSSR count). The summed E-state index contributed by atoms with van der Waals surface area (Å²) in [5.74, 6) is -1.27. The first-order chi connectivity index (χ1) is 9.06. The highest BCUT2D eigenvalue weighted by molar-refractivity contribution is 7.86. The summed E-state index contributed by atoms with van der Waals surface area (Å²) in [5.41, 5.74) is 0. The topological polar surface area (TPSA) is 110 Å². The second kappa shape index (κ2) is 7.15. The minimum Gasteiger partial charge on any atom is -0.455 e. The fourth-order valence-corrected chi connectivity index (χ4v) is 3.79. The molecule has 0 bridgehead atoms. The lowest BCUT2D eigenvalue weighted by atomic mass is 10.4. The molecule has 0 saturated heterocycles. The van der Waals surface area contributed by atoms with Crippen LogP contribution in [0.1, 0.15) is 6.92 Å². The normalized spacial score (nSPS) is 15.2. The van der Waals surface area contributed by atoms with Crippen molar-refractivity contribution in [1.82, 2.24) is 0 Å². The molecule has 1 unspecified atom stereocenters. The van der Waals surface area contributed by atoms with Crippen molar-refractivity contribution in [1.29, 1.82) is 0 Å². The zero-order chi connectivity index (χ0) is 16.0. The fourth-order valence-electron chi connectivity index (χ4n) is 1.23. The van der Waals surface area contributed by atoms with E-state index < -0.39 is 29.0 Å². The smallest absolute Gasteiger partial charge is 0.374 e. The monoisotopic (exact) mass is 329 g/mol. The molecular weight excluding hydrogens is 313 g/mol. The first-order valence-electron chi connectivity index (χ1n) is 5.19. The van der Waals surface area contributed by atoms with Gasteiger partial charge < -0.3 is 18.6 Å². The molecule has 0 radical (unpaired) electrons. The third kappa shape index (κ3) is 4.54. The van der Waals surface area contributed by atoms with Gasteiger partial charge in [-0.2, -0.15) is 8.42 Å². The number of rotatable bonds is 8. The van der Waals surface area contributed by atoms with Crippen molar-refractivity contribution < 1.29 is 35.7 Å². The Balaban J connectivity index is 5.54. The van der Waals surface area contributed by atoms with Gasteiger partial charge in [0.05, 0.1) is 6.26 Å². The first-order valence-corrected chi connectivity index (χ1v) is 8.55. The molecule has 0 aromatic rings. The zero-order valence-corrected chi connectivity index (χ0v) is 13.2. The van der Waals surface area contributed by atoms with Gasteiger partial charge in [-0.25, -0.2) is 15.5 Å². The molecule has 0 spiro atoms. The van der Waals surface area contributed by atoms with Gasteiger partial charge in [-0.05, 0) is 6.92 Å². The van der Waals surface area contributed by atoms with Crippen molar-refractivity contribution >= 4 is 23.7 Å². The van der Waals surface area contributed by atoms with Crippen LogP contribution in [0.3, 0.4) is 0 Å². The summed E-state index contributed by atoms with van der Waals surface area (Å²) >= 11 is 0. The molecule has 0 aromatic carbocycles. The maximum Gasteiger partial charge on any atom is 0.374 e. The molecule has 0 saturated carbocycles. The average Bonchev–Trinajstić information content (AvgIpc) is 2.35. The van der Waals surface area contributed by atoms with Crippen LogP contribution in [0, 0.1) is 6.57 Å². The lowest BCUT2D eigenvalue weighted by Crippen LogP contribution is -2.42. The Morgan fingerprint density at radius 3 is 2.20 bits per heavy atom. The summed E-state index contributed by atoms with van der Waals surface area (Å²) in [5, 5.41) is -2.49. The van der Waals surface area contributed by atoms with E-state index in [4.69, 9.17) is 6.57 Å². The van der Waals surface area contributed by atoms with Gasteiger partial charge in [0, 0.05) is 14.2 Å². The predicted octanol–water partition coefficient (Wildman–Crippen LogP) is 0.627. The zero-order valence-electron chi connectivity index (χ0n) is 11.5. The van der Waals surface area contributed by atoms with Crippen molar-refractivity contribution in [2.45, 2.75) is 12.3 Å². The number of carbonyl (C=O) groups is 1. The minimum absolute atomic E-state index is 0.134. The second-order valence-electron chi connectivity index (χ2n) is 3.65. The van der Waals surface area contributed by atoms with Gasteiger partial charge >= 0.3 is 13.6 Å². The maximum atomic E-state index is 12.3. The highest BCUT2D eigenvalue weighted by atomic mass is 32.2. The van der Waals surface area contributed by atoms with Crippen LogP contribution in [-0.4, -0.2) is 53.4 Å². The van der Waals surface area contributed by atoms with E-state index in [2.05, 4.69) is 22.8 Å². The second-order valence-corrected chi connectivity index (χ2v) is 7.80. The van der Waals surface area contributed by atoms with Crippen LogP contribution < -0.4 is 0 Å². The van der Waals surface area contributed by atoms with Crippen molar-refractivity contribution in [3.05, 3.63) is 11.4 Å². The molecule has 11 heteroatoms. The Morgan fingerprint density at radius 1 is 1.35 bits per heavy atom. The molecule has 9 nitrogen and oxygen atoms in total. The number of hydrogen-bond donors (Lipinski definition) is 0. The number of esters is 1. The van der Waals surface area contributed by atoms with Gasteiger partial charge in [-0.3, -0.25) is 4.57 Å². The molecule has 1 atom stereocenters. The number of hydrogen-bond acceptors (Lipinski definition) is 8. The van der Waals surface area contributed by atoms with E-state index >= 15 is 0 Å². The molecule has 116 valence electrons. The molecule has 0 amide bonds. The van der Waals surface area contributed by atoms with E-state index in [1.54, 1.807) is 0 Å². The molecule has 0 aliphatic carbocycles. The molecule has 0 N–H and O–H groups in total. The van der Waals surface area contributed by atoms with E-state index in [0.29, 0.717) is 6.26 Å². The Morgan fingerprint density at radius 2 is 1.85 bits per heavy atom. The molecule has 0 aliphatic rings. The van der Waals surface area contributed by atoms with Crippen molar-refractivity contribution in [2.24, 2.45) is 0 Å². The molecule has 20 heavy (non-hydrogen) atoms. The van der Waals surface area contributed by atoms with Crippen molar-refractivity contribution in [3.63, 3.8) is 0 Å². The van der Waals surface area contributed by atoms with Gasteiger partial charge in [0.15, 0.2) is 6.61 Å². The lowest BCUT2D eigenvalue weighted by molar-refractivity contribution is -0.154. The standard InChI is InChI=1S/C9H16NO8PS/c1-9(18-20(5,13)14,19(12,15-3)16-4)8(11)17-7-6-10-2/h6-7H2,1,3-5H3. The van der Waals surface area contributed by atoms with Gasteiger partial charge in [0.1, 0.15) is 0 Å². The van der Waals surface area contributed by atoms with E-state index in [1.165, 1.54) is 0 Å². The van der Waals surface area contributed by atoms with Crippen LogP contribution in [0.4, 0.5) is 0 Å².